The molecule has 0 radical (unpaired) electrons. The van der Waals surface area contributed by atoms with Gasteiger partial charge in [0.1, 0.15) is 5.82 Å². The maximum Gasteiger partial charge on any atom is 0.149 e. The number of benzene rings is 1. The zero-order chi connectivity index (χ0) is 13.2. The summed E-state index contributed by atoms with van der Waals surface area (Å²) in [6.07, 6.45) is 6.07. The largest absolute Gasteiger partial charge is 0.316 e. The number of hydrogen-bond donors (Lipinski definition) is 2. The molecule has 0 amide bonds. The molecule has 0 spiro atoms. The summed E-state index contributed by atoms with van der Waals surface area (Å²) < 4.78 is 17.0. The maximum atomic E-state index is 13.9. The molecule has 5 heteroatoms. The second-order valence-corrected chi connectivity index (χ2v) is 4.99. The smallest absolute Gasteiger partial charge is 0.149 e. The summed E-state index contributed by atoms with van der Waals surface area (Å²) in [6.45, 7) is 0. The van der Waals surface area contributed by atoms with Crippen molar-refractivity contribution in [1.82, 2.24) is 4.98 Å². The molecule has 19 heavy (non-hydrogen) atoms. The van der Waals surface area contributed by atoms with E-state index in [1.807, 2.05) is 6.07 Å². The Bertz CT molecular complexity index is 616. The third-order valence-electron chi connectivity index (χ3n) is 3.51. The fraction of sp³-hybridized carbons (Fsp3) is 0.214. The maximum absolute atomic E-state index is 13.9. The van der Waals surface area contributed by atoms with Crippen molar-refractivity contribution < 1.29 is 4.39 Å². The van der Waals surface area contributed by atoms with Gasteiger partial charge in [0.05, 0.1) is 11.9 Å². The SMILES string of the molecule is NSNc1c(-c2ccncc2F)ccc2c1CCC2. The zero-order valence-corrected chi connectivity index (χ0v) is 11.1. The molecule has 1 aromatic heterocycles. The summed E-state index contributed by atoms with van der Waals surface area (Å²) in [7, 11) is 0. The lowest BCUT2D eigenvalue weighted by atomic mass is 9.98. The Hall–Kier alpha value is -1.59. The van der Waals surface area contributed by atoms with Crippen LogP contribution in [0.2, 0.25) is 0 Å². The van der Waals surface area contributed by atoms with Crippen molar-refractivity contribution in [2.45, 2.75) is 19.3 Å². The van der Waals surface area contributed by atoms with Gasteiger partial charge in [0.15, 0.2) is 0 Å². The van der Waals surface area contributed by atoms with Crippen LogP contribution < -0.4 is 9.86 Å². The number of nitrogens with two attached hydrogens (primary N) is 1. The minimum atomic E-state index is -0.314. The molecular formula is C14H14FN3S. The van der Waals surface area contributed by atoms with Crippen LogP contribution in [0.4, 0.5) is 10.1 Å². The third kappa shape index (κ3) is 2.19. The summed E-state index contributed by atoms with van der Waals surface area (Å²) in [5.41, 5.74) is 4.92. The summed E-state index contributed by atoms with van der Waals surface area (Å²) in [5.74, 6) is -0.314. The van der Waals surface area contributed by atoms with Crippen LogP contribution in [0.15, 0.2) is 30.6 Å². The standard InChI is InChI=1S/C14H14FN3S/c15-13-8-17-7-6-11(13)12-5-4-9-2-1-3-10(9)14(12)18-19-16/h4-8,18H,1-3,16H2. The highest BCUT2D eigenvalue weighted by Crippen LogP contribution is 2.38. The van der Waals surface area contributed by atoms with Crippen molar-refractivity contribution in [1.29, 1.82) is 0 Å². The first-order valence-corrected chi connectivity index (χ1v) is 7.05. The zero-order valence-electron chi connectivity index (χ0n) is 10.3. The van der Waals surface area contributed by atoms with Crippen molar-refractivity contribution in [3.05, 3.63) is 47.5 Å². The minimum absolute atomic E-state index is 0.314. The molecule has 2 aromatic rings. The van der Waals surface area contributed by atoms with Crippen molar-refractivity contribution in [2.75, 3.05) is 4.72 Å². The number of fused-ring (bicyclic) bond motifs is 1. The lowest BCUT2D eigenvalue weighted by Gasteiger charge is -2.15. The molecule has 98 valence electrons. The van der Waals surface area contributed by atoms with Gasteiger partial charge in [0.2, 0.25) is 0 Å². The van der Waals surface area contributed by atoms with E-state index in [9.17, 15) is 4.39 Å². The van der Waals surface area contributed by atoms with Gasteiger partial charge in [-0.1, -0.05) is 12.1 Å². The Morgan fingerprint density at radius 1 is 1.21 bits per heavy atom. The third-order valence-corrected chi connectivity index (χ3v) is 3.83. The first-order valence-electron chi connectivity index (χ1n) is 6.17. The molecule has 1 aromatic carbocycles. The van der Waals surface area contributed by atoms with E-state index in [1.165, 1.54) is 17.3 Å². The lowest BCUT2D eigenvalue weighted by Crippen LogP contribution is -2.00. The van der Waals surface area contributed by atoms with Gasteiger partial charge < -0.3 is 4.72 Å². The predicted octanol–water partition coefficient (Wildman–Crippen LogP) is 3.31. The Balaban J connectivity index is 2.19. The van der Waals surface area contributed by atoms with E-state index >= 15 is 0 Å². The normalized spacial score (nSPS) is 13.4. The van der Waals surface area contributed by atoms with Gasteiger partial charge in [-0.05, 0) is 36.5 Å². The van der Waals surface area contributed by atoms with Gasteiger partial charge in [0.25, 0.3) is 0 Å². The highest BCUT2D eigenvalue weighted by molar-refractivity contribution is 7.98. The van der Waals surface area contributed by atoms with Gasteiger partial charge in [-0.3, -0.25) is 10.1 Å². The molecule has 3 N–H and O–H groups in total. The van der Waals surface area contributed by atoms with Crippen LogP contribution in [0, 0.1) is 5.82 Å². The predicted molar refractivity (Wildman–Crippen MR) is 77.1 cm³/mol. The summed E-state index contributed by atoms with van der Waals surface area (Å²) in [4.78, 5) is 3.79. The first kappa shape index (κ1) is 12.4. The highest BCUT2D eigenvalue weighted by Gasteiger charge is 2.19. The molecule has 0 fully saturated rings. The van der Waals surface area contributed by atoms with E-state index in [1.54, 1.807) is 12.3 Å². The van der Waals surface area contributed by atoms with Gasteiger partial charge in [-0.15, -0.1) is 0 Å². The van der Waals surface area contributed by atoms with Crippen LogP contribution in [0.3, 0.4) is 0 Å². The van der Waals surface area contributed by atoms with Crippen LogP contribution >= 0.6 is 12.1 Å². The Morgan fingerprint density at radius 3 is 2.89 bits per heavy atom. The topological polar surface area (TPSA) is 50.9 Å². The van der Waals surface area contributed by atoms with Gasteiger partial charge in [-0.2, -0.15) is 0 Å². The van der Waals surface area contributed by atoms with E-state index in [-0.39, 0.29) is 5.82 Å². The fourth-order valence-electron chi connectivity index (χ4n) is 2.66. The number of pyridine rings is 1. The molecule has 0 atom stereocenters. The van der Waals surface area contributed by atoms with Crippen molar-refractivity contribution in [3.8, 4) is 11.1 Å². The molecule has 0 bridgehead atoms. The number of nitrogens with zero attached hydrogens (tertiary/aromatic N) is 1. The average Bonchev–Trinajstić information content (AvgIpc) is 2.89. The van der Waals surface area contributed by atoms with Gasteiger partial charge >= 0.3 is 0 Å². The molecule has 3 rings (SSSR count). The van der Waals surface area contributed by atoms with Crippen LogP contribution in [0.1, 0.15) is 17.5 Å². The minimum Gasteiger partial charge on any atom is -0.316 e. The van der Waals surface area contributed by atoms with Crippen molar-refractivity contribution >= 4 is 17.8 Å². The monoisotopic (exact) mass is 275 g/mol. The second-order valence-electron chi connectivity index (χ2n) is 4.55. The van der Waals surface area contributed by atoms with E-state index in [0.29, 0.717) is 5.56 Å². The molecule has 0 unspecified atom stereocenters. The quantitative estimate of drug-likeness (QED) is 0.844. The van der Waals surface area contributed by atoms with E-state index in [2.05, 4.69) is 15.8 Å². The molecule has 0 saturated carbocycles. The Morgan fingerprint density at radius 2 is 2.11 bits per heavy atom. The molecular weight excluding hydrogens is 261 g/mol. The Kier molecular flexibility index (Phi) is 3.40. The van der Waals surface area contributed by atoms with Crippen molar-refractivity contribution in [3.63, 3.8) is 0 Å². The number of nitrogens with one attached hydrogen (secondary N) is 1. The number of aryl methyl sites for hydroxylation is 1. The molecule has 1 aliphatic rings. The first-order chi connectivity index (χ1) is 9.31. The fourth-order valence-corrected chi connectivity index (χ4v) is 3.01. The van der Waals surface area contributed by atoms with Crippen LogP contribution in [-0.4, -0.2) is 4.98 Å². The summed E-state index contributed by atoms with van der Waals surface area (Å²) in [5, 5.41) is 5.54. The van der Waals surface area contributed by atoms with Gasteiger partial charge in [0, 0.05) is 29.5 Å². The highest BCUT2D eigenvalue weighted by atomic mass is 32.2. The number of anilines is 1. The molecule has 1 heterocycles. The molecule has 3 nitrogen and oxygen atoms in total. The molecule has 1 aliphatic carbocycles. The number of halogens is 1. The van der Waals surface area contributed by atoms with Crippen LogP contribution in [0.5, 0.6) is 0 Å². The average molecular weight is 275 g/mol. The Labute approximate surface area is 115 Å². The van der Waals surface area contributed by atoms with Crippen LogP contribution in [-0.2, 0) is 12.8 Å². The molecule has 0 saturated heterocycles. The number of hydrogen-bond acceptors (Lipinski definition) is 4. The van der Waals surface area contributed by atoms with Crippen molar-refractivity contribution in [2.24, 2.45) is 5.14 Å². The van der Waals surface area contributed by atoms with Gasteiger partial charge in [-0.25, -0.2) is 4.39 Å². The van der Waals surface area contributed by atoms with Crippen LogP contribution in [0.25, 0.3) is 11.1 Å². The second kappa shape index (κ2) is 5.19. The lowest BCUT2D eigenvalue weighted by molar-refractivity contribution is 0.625. The number of rotatable bonds is 3. The van der Waals surface area contributed by atoms with E-state index < -0.39 is 0 Å². The molecule has 0 aliphatic heterocycles. The van der Waals surface area contributed by atoms with E-state index in [4.69, 9.17) is 5.14 Å². The summed E-state index contributed by atoms with van der Waals surface area (Å²) >= 11 is 1.05. The van der Waals surface area contributed by atoms with E-state index in [0.717, 1.165) is 42.6 Å². The summed E-state index contributed by atoms with van der Waals surface area (Å²) in [6, 6.07) is 5.74. The number of aromatic nitrogens is 1.